The molecule has 0 fully saturated rings. The summed E-state index contributed by atoms with van der Waals surface area (Å²) >= 11 is 0. The van der Waals surface area contributed by atoms with Crippen LogP contribution < -0.4 is 0 Å². The van der Waals surface area contributed by atoms with Crippen molar-refractivity contribution in [2.45, 2.75) is 33.1 Å². The fraction of sp³-hybridized carbons (Fsp3) is 0.269. The van der Waals surface area contributed by atoms with Gasteiger partial charge < -0.3 is 19.4 Å². The molecule has 1 aromatic carbocycles. The van der Waals surface area contributed by atoms with Crippen LogP contribution in [0.2, 0.25) is 0 Å². The van der Waals surface area contributed by atoms with Crippen LogP contribution in [0.4, 0.5) is 0 Å². The van der Waals surface area contributed by atoms with E-state index in [2.05, 4.69) is 20.8 Å². The molecule has 0 radical (unpaired) electrons. The molecule has 7 heteroatoms. The van der Waals surface area contributed by atoms with Gasteiger partial charge in [-0.1, -0.05) is 18.2 Å². The molecule has 3 aromatic rings. The summed E-state index contributed by atoms with van der Waals surface area (Å²) in [5.41, 5.74) is 6.54. The van der Waals surface area contributed by atoms with E-state index in [0.29, 0.717) is 34.8 Å². The first-order valence-electron chi connectivity index (χ1n) is 10.8. The Kier molecular flexibility index (Phi) is 6.31. The number of allylic oxidation sites excluding steroid dienone is 1. The minimum absolute atomic E-state index is 0.0466. The molecule has 0 saturated heterocycles. The number of methoxy groups -OCH3 is 2. The zero-order valence-corrected chi connectivity index (χ0v) is 19.2. The molecule has 1 aliphatic rings. The first kappa shape index (κ1) is 22.3. The fourth-order valence-corrected chi connectivity index (χ4v) is 4.09. The molecule has 0 unspecified atom stereocenters. The number of rotatable bonds is 8. The summed E-state index contributed by atoms with van der Waals surface area (Å²) in [4.78, 5) is 36.2. The second kappa shape index (κ2) is 9.32. The lowest BCUT2D eigenvalue weighted by Gasteiger charge is -2.03. The Morgan fingerprint density at radius 2 is 1.88 bits per heavy atom. The Morgan fingerprint density at radius 1 is 1.09 bits per heavy atom. The largest absolute Gasteiger partial charge is 0.494 e. The summed E-state index contributed by atoms with van der Waals surface area (Å²) in [5, 5.41) is 0.832. The highest BCUT2D eigenvalue weighted by molar-refractivity contribution is 6.22. The van der Waals surface area contributed by atoms with Gasteiger partial charge in [0.25, 0.3) is 0 Å². The number of aliphatic imine (C=N–C) groups is 1. The topological polar surface area (TPSA) is 96.5 Å². The number of fused-ring (bicyclic) bond motifs is 1. The molecule has 1 aliphatic heterocycles. The third kappa shape index (κ3) is 4.53. The zero-order valence-electron chi connectivity index (χ0n) is 19.2. The Bertz CT molecular complexity index is 1320. The molecule has 0 atom stereocenters. The van der Waals surface area contributed by atoms with Crippen LogP contribution in [0, 0.1) is 13.8 Å². The van der Waals surface area contributed by atoms with E-state index in [9.17, 15) is 9.59 Å². The van der Waals surface area contributed by atoms with Crippen molar-refractivity contribution in [1.29, 1.82) is 0 Å². The number of esters is 1. The number of aryl methyl sites for hydroxylation is 2. The third-order valence-corrected chi connectivity index (χ3v) is 5.71. The molecule has 0 amide bonds. The van der Waals surface area contributed by atoms with E-state index in [1.807, 2.05) is 50.3 Å². The van der Waals surface area contributed by atoms with Crippen LogP contribution in [0.25, 0.3) is 17.0 Å². The molecule has 3 heterocycles. The Morgan fingerprint density at radius 3 is 2.58 bits per heavy atom. The fourth-order valence-electron chi connectivity index (χ4n) is 4.09. The monoisotopic (exact) mass is 445 g/mol. The van der Waals surface area contributed by atoms with E-state index >= 15 is 0 Å². The van der Waals surface area contributed by atoms with Crippen LogP contribution in [-0.2, 0) is 14.3 Å². The number of benzene rings is 1. The second-order valence-corrected chi connectivity index (χ2v) is 8.06. The smallest absolute Gasteiger partial charge is 0.305 e. The lowest BCUT2D eigenvalue weighted by atomic mass is 10.00. The number of aromatic nitrogens is 2. The van der Waals surface area contributed by atoms with E-state index in [4.69, 9.17) is 9.73 Å². The molecule has 0 bridgehead atoms. The summed E-state index contributed by atoms with van der Waals surface area (Å²) in [6.45, 7) is 4.04. The van der Waals surface area contributed by atoms with Crippen LogP contribution in [-0.4, -0.2) is 41.7 Å². The van der Waals surface area contributed by atoms with Crippen molar-refractivity contribution in [2.75, 3.05) is 14.2 Å². The van der Waals surface area contributed by atoms with Crippen LogP contribution in [0.15, 0.2) is 52.9 Å². The third-order valence-electron chi connectivity index (χ3n) is 5.71. The lowest BCUT2D eigenvalue weighted by Crippen LogP contribution is -2.08. The Balaban J connectivity index is 1.74. The highest BCUT2D eigenvalue weighted by Crippen LogP contribution is 2.31. The van der Waals surface area contributed by atoms with Gasteiger partial charge in [0.05, 0.1) is 31.2 Å². The number of ether oxygens (including phenoxy) is 2. The number of H-pyrrole nitrogens is 2. The number of ketones is 1. The Labute approximate surface area is 192 Å². The van der Waals surface area contributed by atoms with Gasteiger partial charge in [0.1, 0.15) is 11.5 Å². The summed E-state index contributed by atoms with van der Waals surface area (Å²) < 4.78 is 10.3. The lowest BCUT2D eigenvalue weighted by molar-refractivity contribution is -0.140. The summed E-state index contributed by atoms with van der Waals surface area (Å²) in [6.07, 6.45) is 4.66. The molecule has 2 N–H and O–H groups in total. The maximum atomic E-state index is 13.2. The van der Waals surface area contributed by atoms with Gasteiger partial charge in [0.2, 0.25) is 0 Å². The van der Waals surface area contributed by atoms with Gasteiger partial charge in [-0.3, -0.25) is 9.59 Å². The van der Waals surface area contributed by atoms with Gasteiger partial charge >= 0.3 is 5.97 Å². The predicted molar refractivity (Wildman–Crippen MR) is 128 cm³/mol. The highest BCUT2D eigenvalue weighted by Gasteiger charge is 2.25. The van der Waals surface area contributed by atoms with Crippen molar-refractivity contribution in [1.82, 2.24) is 9.97 Å². The van der Waals surface area contributed by atoms with E-state index < -0.39 is 0 Å². The van der Waals surface area contributed by atoms with Gasteiger partial charge in [-0.2, -0.15) is 0 Å². The molecule has 0 aliphatic carbocycles. The van der Waals surface area contributed by atoms with E-state index in [-0.39, 0.29) is 24.6 Å². The second-order valence-electron chi connectivity index (χ2n) is 8.06. The SMILES string of the molecule is COC(=O)CCCC(=O)c1c(C2=NC(=Cc3[nH]c(C)cc3C)C(OC)=C2)[nH]c2ccccc12. The van der Waals surface area contributed by atoms with Crippen LogP contribution >= 0.6 is 0 Å². The molecule has 0 spiro atoms. The van der Waals surface area contributed by atoms with Gasteiger partial charge in [-0.05, 0) is 44.0 Å². The average Bonchev–Trinajstić information content (AvgIpc) is 3.48. The summed E-state index contributed by atoms with van der Waals surface area (Å²) in [7, 11) is 2.95. The minimum atomic E-state index is -0.320. The molecule has 4 rings (SSSR count). The first-order chi connectivity index (χ1) is 15.9. The molecule has 7 nitrogen and oxygen atoms in total. The Hall–Kier alpha value is -3.87. The van der Waals surface area contributed by atoms with Crippen molar-refractivity contribution in [3.05, 3.63) is 76.1 Å². The number of para-hydroxylation sites is 1. The molecule has 33 heavy (non-hydrogen) atoms. The van der Waals surface area contributed by atoms with Gasteiger partial charge in [0.15, 0.2) is 5.78 Å². The number of Topliss-reactive ketones (excluding diaryl/α,β-unsaturated/α-hetero) is 1. The highest BCUT2D eigenvalue weighted by atomic mass is 16.5. The van der Waals surface area contributed by atoms with Crippen molar-refractivity contribution in [3.8, 4) is 0 Å². The molecule has 0 saturated carbocycles. The van der Waals surface area contributed by atoms with Crippen LogP contribution in [0.5, 0.6) is 0 Å². The standard InChI is InChI=1S/C26H27N3O4/c1-15-12-16(2)27-19(15)13-20-23(32-3)14-21(28-20)26-25(17-8-5-6-9-18(17)29-26)22(30)10-7-11-24(31)33-4/h5-6,8-9,12-14,27,29H,7,10-11H2,1-4H3. The van der Waals surface area contributed by atoms with Crippen LogP contribution in [0.1, 0.15) is 52.3 Å². The van der Waals surface area contributed by atoms with Crippen molar-refractivity contribution in [2.24, 2.45) is 4.99 Å². The number of carbonyl (C=O) groups is 2. The number of hydrogen-bond donors (Lipinski definition) is 2. The van der Waals surface area contributed by atoms with Crippen molar-refractivity contribution in [3.63, 3.8) is 0 Å². The molecule has 170 valence electrons. The number of nitrogens with one attached hydrogen (secondary N) is 2. The quantitative estimate of drug-likeness (QED) is 0.376. The molecular weight excluding hydrogens is 418 g/mol. The van der Waals surface area contributed by atoms with E-state index in [1.165, 1.54) is 7.11 Å². The van der Waals surface area contributed by atoms with E-state index in [1.54, 1.807) is 7.11 Å². The molecule has 2 aromatic heterocycles. The van der Waals surface area contributed by atoms with Crippen molar-refractivity contribution < 1.29 is 19.1 Å². The average molecular weight is 446 g/mol. The number of nitrogens with zero attached hydrogens (tertiary/aromatic N) is 1. The minimum Gasteiger partial charge on any atom is -0.494 e. The van der Waals surface area contributed by atoms with Gasteiger partial charge in [-0.25, -0.2) is 4.99 Å². The maximum absolute atomic E-state index is 13.2. The van der Waals surface area contributed by atoms with Crippen LogP contribution in [0.3, 0.4) is 0 Å². The maximum Gasteiger partial charge on any atom is 0.305 e. The van der Waals surface area contributed by atoms with E-state index in [0.717, 1.165) is 27.9 Å². The number of carbonyl (C=O) groups excluding carboxylic acids is 2. The van der Waals surface area contributed by atoms with Gasteiger partial charge in [0, 0.05) is 41.2 Å². The molecular formula is C26H27N3O4. The van der Waals surface area contributed by atoms with Gasteiger partial charge in [-0.15, -0.1) is 0 Å². The number of hydrogen-bond acceptors (Lipinski definition) is 5. The van der Waals surface area contributed by atoms with Crippen molar-refractivity contribution >= 4 is 34.4 Å². The number of aromatic amines is 2. The normalized spacial score (nSPS) is 14.5. The zero-order chi connectivity index (χ0) is 23.5. The predicted octanol–water partition coefficient (Wildman–Crippen LogP) is 5.01. The summed E-state index contributed by atoms with van der Waals surface area (Å²) in [6, 6.07) is 9.75. The summed E-state index contributed by atoms with van der Waals surface area (Å²) in [5.74, 6) is 0.258. The first-order valence-corrected chi connectivity index (χ1v) is 10.8.